The van der Waals surface area contributed by atoms with Crippen molar-refractivity contribution in [3.05, 3.63) is 82.9 Å². The summed E-state index contributed by atoms with van der Waals surface area (Å²) < 4.78 is 5.34. The number of aromatic amines is 1. The summed E-state index contributed by atoms with van der Waals surface area (Å²) in [6.07, 6.45) is 3.97. The van der Waals surface area contributed by atoms with Crippen LogP contribution >= 0.6 is 0 Å². The fraction of sp³-hybridized carbons (Fsp3) is 0.154. The van der Waals surface area contributed by atoms with E-state index in [-0.39, 0.29) is 5.91 Å². The van der Waals surface area contributed by atoms with Crippen LogP contribution in [0.1, 0.15) is 31.8 Å². The van der Waals surface area contributed by atoms with E-state index in [1.54, 1.807) is 11.0 Å². The van der Waals surface area contributed by atoms with Crippen molar-refractivity contribution in [2.75, 3.05) is 26.3 Å². The number of rotatable bonds is 4. The van der Waals surface area contributed by atoms with Crippen LogP contribution in [0.2, 0.25) is 0 Å². The minimum atomic E-state index is -0.499. The van der Waals surface area contributed by atoms with E-state index in [1.807, 2.05) is 66.7 Å². The van der Waals surface area contributed by atoms with Gasteiger partial charge in [-0.1, -0.05) is 48.6 Å². The van der Waals surface area contributed by atoms with Crippen molar-refractivity contribution >= 4 is 45.8 Å². The number of hydrogen-bond donors (Lipinski definition) is 2. The molecule has 0 radical (unpaired) electrons. The third-order valence-electron chi connectivity index (χ3n) is 5.81. The predicted octanol–water partition coefficient (Wildman–Crippen LogP) is 4.06. The molecule has 0 aliphatic carbocycles. The highest BCUT2D eigenvalue weighted by molar-refractivity contribution is 6.16. The Morgan fingerprint density at radius 3 is 2.41 bits per heavy atom. The molecule has 1 aliphatic heterocycles. The average Bonchev–Trinajstić information content (AvgIpc) is 3.20. The number of carbonyl (C=O) groups excluding carboxylic acids is 2. The van der Waals surface area contributed by atoms with Crippen LogP contribution in [0, 0.1) is 0 Å². The number of primary amides is 1. The van der Waals surface area contributed by atoms with Crippen LogP contribution in [0.15, 0.2) is 60.7 Å². The Balaban J connectivity index is 1.58. The molecule has 3 aromatic carbocycles. The summed E-state index contributed by atoms with van der Waals surface area (Å²) in [5, 5.41) is 1.84. The number of fused-ring (bicyclic) bond motifs is 3. The van der Waals surface area contributed by atoms with Gasteiger partial charge < -0.3 is 20.4 Å². The third kappa shape index (κ3) is 3.76. The second kappa shape index (κ2) is 8.32. The Morgan fingerprint density at radius 2 is 1.66 bits per heavy atom. The molecule has 1 fully saturated rings. The molecular formula is C26H23N3O3. The highest BCUT2D eigenvalue weighted by Crippen LogP contribution is 2.30. The van der Waals surface area contributed by atoms with Gasteiger partial charge in [0.15, 0.2) is 0 Å². The fourth-order valence-electron chi connectivity index (χ4n) is 4.16. The first kappa shape index (κ1) is 20.0. The molecule has 6 nitrogen and oxygen atoms in total. The van der Waals surface area contributed by atoms with Crippen LogP contribution in [0.3, 0.4) is 0 Å². The summed E-state index contributed by atoms with van der Waals surface area (Å²) in [5.41, 5.74) is 10.2. The molecule has 6 heteroatoms. The normalized spacial score (nSPS) is 14.4. The molecule has 5 rings (SSSR count). The van der Waals surface area contributed by atoms with Gasteiger partial charge in [-0.3, -0.25) is 9.59 Å². The van der Waals surface area contributed by atoms with Gasteiger partial charge in [0, 0.05) is 34.9 Å². The summed E-state index contributed by atoms with van der Waals surface area (Å²) >= 11 is 0. The van der Waals surface area contributed by atoms with Crippen LogP contribution in [0.25, 0.3) is 34.0 Å². The van der Waals surface area contributed by atoms with Crippen LogP contribution in [0.4, 0.5) is 0 Å². The molecule has 2 amide bonds. The number of nitrogens with two attached hydrogens (primary N) is 1. The van der Waals surface area contributed by atoms with Crippen molar-refractivity contribution < 1.29 is 14.3 Å². The Morgan fingerprint density at radius 1 is 0.906 bits per heavy atom. The van der Waals surface area contributed by atoms with E-state index in [2.05, 4.69) is 4.98 Å². The maximum atomic E-state index is 12.9. The summed E-state index contributed by atoms with van der Waals surface area (Å²) in [7, 11) is 0. The molecule has 0 saturated carbocycles. The lowest BCUT2D eigenvalue weighted by molar-refractivity contribution is 0.0303. The van der Waals surface area contributed by atoms with E-state index in [9.17, 15) is 9.59 Å². The highest BCUT2D eigenvalue weighted by Gasteiger charge is 2.20. The minimum Gasteiger partial charge on any atom is -0.378 e. The largest absolute Gasteiger partial charge is 0.378 e. The summed E-state index contributed by atoms with van der Waals surface area (Å²) in [6, 6.07) is 19.4. The first-order valence-corrected chi connectivity index (χ1v) is 10.6. The number of nitrogens with one attached hydrogen (secondary N) is 1. The van der Waals surface area contributed by atoms with Gasteiger partial charge >= 0.3 is 0 Å². The lowest BCUT2D eigenvalue weighted by Gasteiger charge is -2.26. The van der Waals surface area contributed by atoms with E-state index < -0.39 is 5.91 Å². The molecule has 160 valence electrons. The van der Waals surface area contributed by atoms with Gasteiger partial charge in [-0.2, -0.15) is 0 Å². The van der Waals surface area contributed by atoms with Crippen molar-refractivity contribution in [3.63, 3.8) is 0 Å². The SMILES string of the molecule is NC(=O)c1cc(C=Cc2ccccc2)cc2c1[nH]c1cc(C(=O)N3CCOCC3)ccc12. The quantitative estimate of drug-likeness (QED) is 0.483. The molecule has 1 saturated heterocycles. The van der Waals surface area contributed by atoms with Crippen LogP contribution in [-0.4, -0.2) is 48.0 Å². The zero-order valence-electron chi connectivity index (χ0n) is 17.5. The Bertz CT molecular complexity index is 1350. The molecular weight excluding hydrogens is 402 g/mol. The minimum absolute atomic E-state index is 0.0181. The molecule has 1 aliphatic rings. The number of hydrogen-bond acceptors (Lipinski definition) is 3. The van der Waals surface area contributed by atoms with Crippen LogP contribution < -0.4 is 5.73 Å². The van der Waals surface area contributed by atoms with E-state index in [1.165, 1.54) is 0 Å². The first-order chi connectivity index (χ1) is 15.6. The number of amides is 2. The number of carbonyl (C=O) groups is 2. The average molecular weight is 425 g/mol. The predicted molar refractivity (Wildman–Crippen MR) is 126 cm³/mol. The number of aromatic nitrogens is 1. The molecule has 32 heavy (non-hydrogen) atoms. The molecule has 3 N–H and O–H groups in total. The smallest absolute Gasteiger partial charge is 0.254 e. The van der Waals surface area contributed by atoms with Gasteiger partial charge in [-0.05, 0) is 35.4 Å². The van der Waals surface area contributed by atoms with E-state index >= 15 is 0 Å². The second-order valence-corrected chi connectivity index (χ2v) is 7.89. The van der Waals surface area contributed by atoms with Gasteiger partial charge in [-0.15, -0.1) is 0 Å². The molecule has 4 aromatic rings. The van der Waals surface area contributed by atoms with Crippen molar-refractivity contribution in [3.8, 4) is 0 Å². The molecule has 1 aromatic heterocycles. The number of H-pyrrole nitrogens is 1. The van der Waals surface area contributed by atoms with E-state index in [4.69, 9.17) is 10.5 Å². The lowest BCUT2D eigenvalue weighted by atomic mass is 10.0. The highest BCUT2D eigenvalue weighted by atomic mass is 16.5. The second-order valence-electron chi connectivity index (χ2n) is 7.89. The van der Waals surface area contributed by atoms with Crippen molar-refractivity contribution in [2.45, 2.75) is 0 Å². The van der Waals surface area contributed by atoms with Crippen LogP contribution in [0.5, 0.6) is 0 Å². The number of ether oxygens (including phenoxy) is 1. The standard InChI is InChI=1S/C26H23N3O3/c27-25(30)22-15-18(7-6-17-4-2-1-3-5-17)14-21-20-9-8-19(16-23(20)28-24(21)22)26(31)29-10-12-32-13-11-29/h1-9,14-16,28H,10-13H2,(H2,27,30). The Hall–Kier alpha value is -3.90. The number of morpholine rings is 1. The van der Waals surface area contributed by atoms with Gasteiger partial charge in [0.1, 0.15) is 0 Å². The third-order valence-corrected chi connectivity index (χ3v) is 5.81. The zero-order valence-corrected chi connectivity index (χ0v) is 17.5. The summed E-state index contributed by atoms with van der Waals surface area (Å²) in [5.74, 6) is -0.517. The molecule has 0 unspecified atom stereocenters. The Labute approximate surface area is 185 Å². The van der Waals surface area contributed by atoms with Crippen LogP contribution in [-0.2, 0) is 4.74 Å². The van der Waals surface area contributed by atoms with E-state index in [0.29, 0.717) is 42.9 Å². The van der Waals surface area contributed by atoms with Gasteiger partial charge in [0.25, 0.3) is 11.8 Å². The van der Waals surface area contributed by atoms with Crippen molar-refractivity contribution in [2.24, 2.45) is 5.73 Å². The summed E-state index contributed by atoms with van der Waals surface area (Å²) in [6.45, 7) is 2.29. The fourth-order valence-corrected chi connectivity index (χ4v) is 4.16. The monoisotopic (exact) mass is 425 g/mol. The molecule has 2 heterocycles. The number of benzene rings is 3. The lowest BCUT2D eigenvalue weighted by Crippen LogP contribution is -2.40. The van der Waals surface area contributed by atoms with Gasteiger partial charge in [-0.25, -0.2) is 0 Å². The zero-order chi connectivity index (χ0) is 22.1. The number of nitrogens with zero attached hydrogens (tertiary/aromatic N) is 1. The molecule has 0 spiro atoms. The maximum absolute atomic E-state index is 12.9. The first-order valence-electron chi connectivity index (χ1n) is 10.6. The Kier molecular flexibility index (Phi) is 5.21. The van der Waals surface area contributed by atoms with Gasteiger partial charge in [0.05, 0.1) is 24.3 Å². The molecule has 0 atom stereocenters. The van der Waals surface area contributed by atoms with Crippen molar-refractivity contribution in [1.29, 1.82) is 0 Å². The maximum Gasteiger partial charge on any atom is 0.254 e. The molecule has 0 bridgehead atoms. The topological polar surface area (TPSA) is 88.4 Å². The van der Waals surface area contributed by atoms with E-state index in [0.717, 1.165) is 27.4 Å². The van der Waals surface area contributed by atoms with Gasteiger partial charge in [0.2, 0.25) is 0 Å². The van der Waals surface area contributed by atoms with Crippen molar-refractivity contribution in [1.82, 2.24) is 9.88 Å². The summed E-state index contributed by atoms with van der Waals surface area (Å²) in [4.78, 5) is 30.2.